The third-order valence-electron chi connectivity index (χ3n) is 2.43. The Morgan fingerprint density at radius 2 is 2.10 bits per heavy atom. The Kier molecular flexibility index (Phi) is 3.85. The zero-order chi connectivity index (χ0) is 14.5. The number of rotatable bonds is 4. The first-order chi connectivity index (χ1) is 9.56. The number of nitrogens with zero attached hydrogens (tertiary/aromatic N) is 4. The third-order valence-corrected chi connectivity index (χ3v) is 2.43. The lowest BCUT2D eigenvalue weighted by molar-refractivity contribution is -0.384. The van der Waals surface area contributed by atoms with E-state index in [4.69, 9.17) is 0 Å². The fourth-order valence-electron chi connectivity index (χ4n) is 1.44. The van der Waals surface area contributed by atoms with Gasteiger partial charge >= 0.3 is 0 Å². The van der Waals surface area contributed by atoms with E-state index in [-0.39, 0.29) is 11.4 Å². The molecule has 1 amide bonds. The molecule has 8 nitrogen and oxygen atoms in total. The standard InChI is InChI=1S/C12H11N5O3/c1-16-7-6-11(15-16)12(18)14-13-8-9-2-4-10(5-3-9)17(19)20/h2-8H,1H3,(H,14,18)/b13-8-. The van der Waals surface area contributed by atoms with Crippen molar-refractivity contribution in [2.24, 2.45) is 12.1 Å². The number of nitro benzene ring substituents is 1. The molecule has 0 bridgehead atoms. The number of aromatic nitrogens is 2. The molecule has 0 aliphatic rings. The van der Waals surface area contributed by atoms with Crippen LogP contribution >= 0.6 is 0 Å². The molecule has 2 rings (SSSR count). The minimum absolute atomic E-state index is 0.000305. The largest absolute Gasteiger partial charge is 0.291 e. The molecular formula is C12H11N5O3. The highest BCUT2D eigenvalue weighted by atomic mass is 16.6. The molecule has 1 aromatic carbocycles. The van der Waals surface area contributed by atoms with Crippen LogP contribution in [0.1, 0.15) is 16.1 Å². The van der Waals surface area contributed by atoms with Crippen molar-refractivity contribution in [1.82, 2.24) is 15.2 Å². The molecule has 0 unspecified atom stereocenters. The summed E-state index contributed by atoms with van der Waals surface area (Å²) in [5.74, 6) is -0.427. The van der Waals surface area contributed by atoms with Crippen molar-refractivity contribution in [1.29, 1.82) is 0 Å². The fraction of sp³-hybridized carbons (Fsp3) is 0.0833. The van der Waals surface area contributed by atoms with Crippen LogP contribution in [0.4, 0.5) is 5.69 Å². The zero-order valence-corrected chi connectivity index (χ0v) is 10.6. The lowest BCUT2D eigenvalue weighted by atomic mass is 10.2. The number of carbonyl (C=O) groups excluding carboxylic acids is 1. The Morgan fingerprint density at radius 3 is 2.65 bits per heavy atom. The third kappa shape index (κ3) is 3.25. The van der Waals surface area contributed by atoms with Crippen molar-refractivity contribution in [3.05, 3.63) is 57.9 Å². The molecule has 8 heteroatoms. The summed E-state index contributed by atoms with van der Waals surface area (Å²) in [6.07, 6.45) is 3.04. The van der Waals surface area contributed by atoms with Gasteiger partial charge in [0.25, 0.3) is 11.6 Å². The Morgan fingerprint density at radius 1 is 1.40 bits per heavy atom. The molecule has 0 saturated heterocycles. The summed E-state index contributed by atoms with van der Waals surface area (Å²) in [6.45, 7) is 0. The van der Waals surface area contributed by atoms with E-state index in [1.807, 2.05) is 0 Å². The Labute approximate surface area is 113 Å². The van der Waals surface area contributed by atoms with Gasteiger partial charge in [-0.05, 0) is 23.8 Å². The van der Waals surface area contributed by atoms with Gasteiger partial charge in [-0.2, -0.15) is 10.2 Å². The van der Waals surface area contributed by atoms with Crippen LogP contribution in [-0.2, 0) is 7.05 Å². The maximum Gasteiger partial charge on any atom is 0.291 e. The van der Waals surface area contributed by atoms with Gasteiger partial charge in [-0.15, -0.1) is 0 Å². The van der Waals surface area contributed by atoms with Crippen molar-refractivity contribution in [2.45, 2.75) is 0 Å². The van der Waals surface area contributed by atoms with E-state index in [1.165, 1.54) is 35.2 Å². The highest BCUT2D eigenvalue weighted by Gasteiger charge is 2.06. The van der Waals surface area contributed by atoms with E-state index in [0.717, 1.165) is 0 Å². The first kappa shape index (κ1) is 13.4. The average molecular weight is 273 g/mol. The van der Waals surface area contributed by atoms with Crippen LogP contribution in [0, 0.1) is 10.1 Å². The molecule has 102 valence electrons. The van der Waals surface area contributed by atoms with Crippen molar-refractivity contribution in [2.75, 3.05) is 0 Å². The van der Waals surface area contributed by atoms with Gasteiger partial charge < -0.3 is 0 Å². The molecule has 2 aromatic rings. The Hall–Kier alpha value is -3.03. The SMILES string of the molecule is Cn1ccc(C(=O)N/N=C\c2ccc([N+](=O)[O-])cc2)n1. The highest BCUT2D eigenvalue weighted by Crippen LogP contribution is 2.10. The normalized spacial score (nSPS) is 10.7. The second-order valence-electron chi connectivity index (χ2n) is 3.92. The smallest absolute Gasteiger partial charge is 0.275 e. The molecule has 0 fully saturated rings. The monoisotopic (exact) mass is 273 g/mol. The van der Waals surface area contributed by atoms with Crippen molar-refractivity contribution < 1.29 is 9.72 Å². The topological polar surface area (TPSA) is 102 Å². The first-order valence-electron chi connectivity index (χ1n) is 5.64. The van der Waals surface area contributed by atoms with Gasteiger partial charge in [-0.25, -0.2) is 5.43 Å². The predicted octanol–water partition coefficient (Wildman–Crippen LogP) is 1.09. The van der Waals surface area contributed by atoms with Gasteiger partial charge in [0.1, 0.15) is 0 Å². The summed E-state index contributed by atoms with van der Waals surface area (Å²) >= 11 is 0. The lowest BCUT2D eigenvalue weighted by Crippen LogP contribution is -2.18. The van der Waals surface area contributed by atoms with Gasteiger partial charge in [0.05, 0.1) is 11.1 Å². The lowest BCUT2D eigenvalue weighted by Gasteiger charge is -1.96. The van der Waals surface area contributed by atoms with E-state index in [0.29, 0.717) is 5.56 Å². The number of non-ortho nitro benzene ring substituents is 1. The first-order valence-corrected chi connectivity index (χ1v) is 5.64. The molecule has 0 spiro atoms. The van der Waals surface area contributed by atoms with Crippen LogP contribution in [0.15, 0.2) is 41.6 Å². The summed E-state index contributed by atoms with van der Waals surface area (Å²) in [4.78, 5) is 21.6. The zero-order valence-electron chi connectivity index (χ0n) is 10.6. The van der Waals surface area contributed by atoms with E-state index < -0.39 is 10.8 Å². The maximum absolute atomic E-state index is 11.6. The molecule has 0 saturated carbocycles. The minimum atomic E-state index is -0.482. The van der Waals surface area contributed by atoms with E-state index >= 15 is 0 Å². The average Bonchev–Trinajstić information content (AvgIpc) is 2.86. The molecule has 1 N–H and O–H groups in total. The van der Waals surface area contributed by atoms with Crippen molar-refractivity contribution in [3.63, 3.8) is 0 Å². The number of hydrogen-bond donors (Lipinski definition) is 1. The second-order valence-corrected chi connectivity index (χ2v) is 3.92. The molecule has 0 atom stereocenters. The number of amides is 1. The van der Waals surface area contributed by atoms with E-state index in [2.05, 4.69) is 15.6 Å². The molecule has 0 aliphatic carbocycles. The summed E-state index contributed by atoms with van der Waals surface area (Å²) in [7, 11) is 1.71. The second kappa shape index (κ2) is 5.74. The summed E-state index contributed by atoms with van der Waals surface area (Å²) < 4.78 is 1.51. The van der Waals surface area contributed by atoms with Crippen molar-refractivity contribution in [3.8, 4) is 0 Å². The van der Waals surface area contributed by atoms with Gasteiger partial charge in [0.2, 0.25) is 0 Å². The number of hydrogen-bond acceptors (Lipinski definition) is 5. The number of aryl methyl sites for hydroxylation is 1. The van der Waals surface area contributed by atoms with Crippen LogP contribution in [-0.4, -0.2) is 26.8 Å². The van der Waals surface area contributed by atoms with Gasteiger partial charge in [-0.1, -0.05) is 0 Å². The fourth-order valence-corrected chi connectivity index (χ4v) is 1.44. The Bertz CT molecular complexity index is 660. The van der Waals surface area contributed by atoms with Crippen LogP contribution in [0.5, 0.6) is 0 Å². The summed E-state index contributed by atoms with van der Waals surface area (Å²) in [5, 5.41) is 18.2. The molecule has 0 radical (unpaired) electrons. The van der Waals surface area contributed by atoms with E-state index in [9.17, 15) is 14.9 Å². The summed E-state index contributed by atoms with van der Waals surface area (Å²) in [5.41, 5.74) is 3.21. The Balaban J connectivity index is 1.96. The van der Waals surface area contributed by atoms with Gasteiger partial charge in [0, 0.05) is 25.4 Å². The highest BCUT2D eigenvalue weighted by molar-refractivity contribution is 5.93. The van der Waals surface area contributed by atoms with Crippen LogP contribution < -0.4 is 5.43 Å². The summed E-state index contributed by atoms with van der Waals surface area (Å²) in [6, 6.07) is 7.36. The van der Waals surface area contributed by atoms with Gasteiger partial charge in [-0.3, -0.25) is 19.6 Å². The maximum atomic E-state index is 11.6. The van der Waals surface area contributed by atoms with Crippen LogP contribution in [0.25, 0.3) is 0 Å². The number of carbonyl (C=O) groups is 1. The van der Waals surface area contributed by atoms with Crippen LogP contribution in [0.3, 0.4) is 0 Å². The molecule has 1 aromatic heterocycles. The molecule has 1 heterocycles. The van der Waals surface area contributed by atoms with Gasteiger partial charge in [0.15, 0.2) is 5.69 Å². The number of nitrogens with one attached hydrogen (secondary N) is 1. The van der Waals surface area contributed by atoms with E-state index in [1.54, 1.807) is 19.3 Å². The minimum Gasteiger partial charge on any atom is -0.275 e. The number of nitro groups is 1. The van der Waals surface area contributed by atoms with Crippen LogP contribution in [0.2, 0.25) is 0 Å². The van der Waals surface area contributed by atoms with Crippen molar-refractivity contribution >= 4 is 17.8 Å². The molecular weight excluding hydrogens is 262 g/mol. The number of benzene rings is 1. The predicted molar refractivity (Wildman–Crippen MR) is 71.4 cm³/mol. The quantitative estimate of drug-likeness (QED) is 0.511. The molecule has 20 heavy (non-hydrogen) atoms. The number of hydrazone groups is 1. The molecule has 0 aliphatic heterocycles.